The van der Waals surface area contributed by atoms with Crippen LogP contribution in [0.3, 0.4) is 0 Å². The van der Waals surface area contributed by atoms with Crippen molar-refractivity contribution in [3.63, 3.8) is 0 Å². The Kier molecular flexibility index (Phi) is 3.96. The summed E-state index contributed by atoms with van der Waals surface area (Å²) in [5.74, 6) is 0.346. The minimum absolute atomic E-state index is 0.346. The maximum Gasteiger partial charge on any atom is 0.245 e. The molecule has 7 heteroatoms. The summed E-state index contributed by atoms with van der Waals surface area (Å²) >= 11 is 10.4. The molecule has 2 rings (SSSR count). The molecule has 3 nitrogen and oxygen atoms in total. The fraction of sp³-hybridized carbons (Fsp3) is 0.556. The lowest BCUT2D eigenvalue weighted by atomic mass is 10.4. The highest BCUT2D eigenvalue weighted by Crippen LogP contribution is 2.35. The molecular formula is C9H11BrClNO2S2. The lowest BCUT2D eigenvalue weighted by Gasteiger charge is -2.14. The maximum atomic E-state index is 12.2. The van der Waals surface area contributed by atoms with Crippen LogP contribution in [0.15, 0.2) is 14.7 Å². The second kappa shape index (κ2) is 4.94. The van der Waals surface area contributed by atoms with Crippen molar-refractivity contribution >= 4 is 48.9 Å². The summed E-state index contributed by atoms with van der Waals surface area (Å²) in [4.78, 5) is 1.22. The van der Waals surface area contributed by atoms with E-state index in [-0.39, 0.29) is 0 Å². The van der Waals surface area contributed by atoms with Crippen molar-refractivity contribution in [2.45, 2.75) is 23.6 Å². The largest absolute Gasteiger partial charge is 0.245 e. The fourth-order valence-electron chi connectivity index (χ4n) is 1.71. The van der Waals surface area contributed by atoms with Gasteiger partial charge in [0, 0.05) is 18.0 Å². The SMILES string of the molecule is O=S(=O)(c1cc(CCl)sc1Br)N1CCCC1. The molecule has 1 saturated heterocycles. The van der Waals surface area contributed by atoms with Gasteiger partial charge in [0.05, 0.1) is 9.67 Å². The Morgan fingerprint density at radius 2 is 2.06 bits per heavy atom. The van der Waals surface area contributed by atoms with Crippen molar-refractivity contribution in [1.29, 1.82) is 0 Å². The highest BCUT2D eigenvalue weighted by molar-refractivity contribution is 9.11. The van der Waals surface area contributed by atoms with Crippen LogP contribution in [0, 0.1) is 0 Å². The highest BCUT2D eigenvalue weighted by Gasteiger charge is 2.30. The Labute approximate surface area is 113 Å². The van der Waals surface area contributed by atoms with Crippen LogP contribution in [0.4, 0.5) is 0 Å². The molecule has 16 heavy (non-hydrogen) atoms. The van der Waals surface area contributed by atoms with Crippen molar-refractivity contribution in [2.24, 2.45) is 0 Å². The van der Waals surface area contributed by atoms with Crippen LogP contribution in [0.2, 0.25) is 0 Å². The van der Waals surface area contributed by atoms with E-state index in [1.54, 1.807) is 6.07 Å². The molecule has 0 saturated carbocycles. The first-order valence-corrected chi connectivity index (χ1v) is 8.48. The first-order valence-electron chi connectivity index (χ1n) is 4.90. The molecule has 0 radical (unpaired) electrons. The normalized spacial score (nSPS) is 18.1. The van der Waals surface area contributed by atoms with Crippen LogP contribution >= 0.6 is 38.9 Å². The third-order valence-corrected chi connectivity index (χ3v) is 7.12. The lowest BCUT2D eigenvalue weighted by molar-refractivity contribution is 0.477. The number of rotatable bonds is 3. The summed E-state index contributed by atoms with van der Waals surface area (Å²) < 4.78 is 26.7. The van der Waals surface area contributed by atoms with E-state index in [4.69, 9.17) is 11.6 Å². The average molecular weight is 345 g/mol. The number of hydrogen-bond acceptors (Lipinski definition) is 3. The molecule has 0 amide bonds. The quantitative estimate of drug-likeness (QED) is 0.790. The Morgan fingerprint density at radius 1 is 1.44 bits per heavy atom. The molecular weight excluding hydrogens is 334 g/mol. The zero-order chi connectivity index (χ0) is 11.8. The summed E-state index contributed by atoms with van der Waals surface area (Å²) in [5.41, 5.74) is 0. The van der Waals surface area contributed by atoms with E-state index in [9.17, 15) is 8.42 Å². The monoisotopic (exact) mass is 343 g/mol. The molecule has 1 aromatic heterocycles. The smallest absolute Gasteiger partial charge is 0.207 e. The van der Waals surface area contributed by atoms with Crippen molar-refractivity contribution < 1.29 is 8.42 Å². The second-order valence-electron chi connectivity index (χ2n) is 3.60. The number of hydrogen-bond donors (Lipinski definition) is 0. The van der Waals surface area contributed by atoms with Crippen molar-refractivity contribution in [2.75, 3.05) is 13.1 Å². The first-order chi connectivity index (χ1) is 7.55. The number of thiophene rings is 1. The van der Waals surface area contributed by atoms with E-state index in [2.05, 4.69) is 15.9 Å². The van der Waals surface area contributed by atoms with Gasteiger partial charge in [0.25, 0.3) is 0 Å². The highest BCUT2D eigenvalue weighted by atomic mass is 79.9. The molecule has 90 valence electrons. The van der Waals surface area contributed by atoms with Crippen LogP contribution in [-0.4, -0.2) is 25.8 Å². The van der Waals surface area contributed by atoms with Crippen LogP contribution < -0.4 is 0 Å². The summed E-state index contributed by atoms with van der Waals surface area (Å²) in [6, 6.07) is 1.66. The molecule has 1 aliphatic heterocycles. The maximum absolute atomic E-state index is 12.2. The number of sulfonamides is 1. The van der Waals surface area contributed by atoms with E-state index in [1.165, 1.54) is 15.6 Å². The average Bonchev–Trinajstić information content (AvgIpc) is 2.85. The number of halogens is 2. The van der Waals surface area contributed by atoms with Gasteiger partial charge in [0.15, 0.2) is 0 Å². The zero-order valence-corrected chi connectivity index (χ0v) is 12.4. The first kappa shape index (κ1) is 12.8. The van der Waals surface area contributed by atoms with Gasteiger partial charge in [-0.1, -0.05) is 0 Å². The number of nitrogens with zero attached hydrogens (tertiary/aromatic N) is 1. The molecule has 1 aromatic rings. The van der Waals surface area contributed by atoms with Gasteiger partial charge < -0.3 is 0 Å². The van der Waals surface area contributed by atoms with E-state index in [0.29, 0.717) is 27.7 Å². The van der Waals surface area contributed by atoms with E-state index >= 15 is 0 Å². The van der Waals surface area contributed by atoms with Gasteiger partial charge in [-0.2, -0.15) is 4.31 Å². The summed E-state index contributed by atoms with van der Waals surface area (Å²) in [6.07, 6.45) is 1.90. The van der Waals surface area contributed by atoms with E-state index in [0.717, 1.165) is 17.7 Å². The van der Waals surface area contributed by atoms with Gasteiger partial charge in [0.1, 0.15) is 4.90 Å². The van der Waals surface area contributed by atoms with Gasteiger partial charge >= 0.3 is 0 Å². The van der Waals surface area contributed by atoms with Crippen LogP contribution in [0.5, 0.6) is 0 Å². The second-order valence-corrected chi connectivity index (χ2v) is 8.22. The van der Waals surface area contributed by atoms with Gasteiger partial charge in [-0.05, 0) is 34.8 Å². The lowest BCUT2D eigenvalue weighted by Crippen LogP contribution is -2.27. The summed E-state index contributed by atoms with van der Waals surface area (Å²) in [7, 11) is -3.32. The molecule has 1 fully saturated rings. The standard InChI is InChI=1S/C9H11BrClNO2S2/c10-9-8(5-7(6-11)15-9)16(13,14)12-3-1-2-4-12/h5H,1-4,6H2. The molecule has 0 atom stereocenters. The van der Waals surface area contributed by atoms with Gasteiger partial charge in [-0.25, -0.2) is 8.42 Å². The predicted octanol–water partition coefficient (Wildman–Crippen LogP) is 3.03. The molecule has 0 aromatic carbocycles. The van der Waals surface area contributed by atoms with Gasteiger partial charge in [-0.3, -0.25) is 0 Å². The van der Waals surface area contributed by atoms with E-state index in [1.807, 2.05) is 0 Å². The minimum Gasteiger partial charge on any atom is -0.207 e. The molecule has 0 N–H and O–H groups in total. The minimum atomic E-state index is -3.32. The zero-order valence-electron chi connectivity index (χ0n) is 8.45. The van der Waals surface area contributed by atoms with Crippen LogP contribution in [0.1, 0.15) is 17.7 Å². The van der Waals surface area contributed by atoms with Crippen LogP contribution in [-0.2, 0) is 15.9 Å². The molecule has 0 spiro atoms. The van der Waals surface area contributed by atoms with E-state index < -0.39 is 10.0 Å². The third kappa shape index (κ3) is 2.31. The molecule has 0 aliphatic carbocycles. The van der Waals surface area contributed by atoms with Crippen LogP contribution in [0.25, 0.3) is 0 Å². The summed E-state index contributed by atoms with van der Waals surface area (Å²) in [6.45, 7) is 1.25. The van der Waals surface area contributed by atoms with Gasteiger partial charge in [0.2, 0.25) is 10.0 Å². The Hall–Kier alpha value is 0.380. The molecule has 2 heterocycles. The fourth-order valence-corrected chi connectivity index (χ4v) is 5.95. The third-order valence-electron chi connectivity index (χ3n) is 2.52. The van der Waals surface area contributed by atoms with Gasteiger partial charge in [-0.15, -0.1) is 22.9 Å². The Bertz CT molecular complexity index is 480. The predicted molar refractivity (Wildman–Crippen MR) is 69.6 cm³/mol. The van der Waals surface area contributed by atoms with Crippen molar-refractivity contribution in [1.82, 2.24) is 4.31 Å². The topological polar surface area (TPSA) is 37.4 Å². The summed E-state index contributed by atoms with van der Waals surface area (Å²) in [5, 5.41) is 0. The number of alkyl halides is 1. The molecule has 0 bridgehead atoms. The van der Waals surface area contributed by atoms with Crippen molar-refractivity contribution in [3.05, 3.63) is 14.7 Å². The molecule has 0 unspecified atom stereocenters. The Morgan fingerprint density at radius 3 is 2.56 bits per heavy atom. The molecule has 1 aliphatic rings. The Balaban J connectivity index is 2.38. The van der Waals surface area contributed by atoms with Crippen molar-refractivity contribution in [3.8, 4) is 0 Å².